The van der Waals surface area contributed by atoms with E-state index >= 15 is 0 Å². The molecule has 1 unspecified atom stereocenters. The summed E-state index contributed by atoms with van der Waals surface area (Å²) in [5, 5.41) is 7.43. The van der Waals surface area contributed by atoms with Crippen molar-refractivity contribution in [3.63, 3.8) is 0 Å². The van der Waals surface area contributed by atoms with Crippen molar-refractivity contribution in [2.45, 2.75) is 26.8 Å². The summed E-state index contributed by atoms with van der Waals surface area (Å²) in [4.78, 5) is 12.3. The average Bonchev–Trinajstić information content (AvgIpc) is 2.94. The molecule has 2 aromatic rings. The molecule has 0 radical (unpaired) electrons. The van der Waals surface area contributed by atoms with Crippen LogP contribution in [0.3, 0.4) is 0 Å². The lowest BCUT2D eigenvalue weighted by atomic mass is 10.1. The van der Waals surface area contributed by atoms with Gasteiger partial charge in [0.05, 0.1) is 5.69 Å². The normalized spacial score (nSPS) is 12.7. The summed E-state index contributed by atoms with van der Waals surface area (Å²) in [5.41, 5.74) is 2.38. The third-order valence-corrected chi connectivity index (χ3v) is 3.68. The van der Waals surface area contributed by atoms with Crippen molar-refractivity contribution in [3.05, 3.63) is 30.1 Å². The molecule has 1 amide bonds. The summed E-state index contributed by atoms with van der Waals surface area (Å²) >= 11 is 0. The number of aryl methyl sites for hydroxylation is 2. The lowest BCUT2D eigenvalue weighted by Crippen LogP contribution is -2.37. The predicted molar refractivity (Wildman–Crippen MR) is 79.4 cm³/mol. The summed E-state index contributed by atoms with van der Waals surface area (Å²) in [7, 11) is 3.76. The maximum atomic E-state index is 12.3. The van der Waals surface area contributed by atoms with Crippen molar-refractivity contribution < 1.29 is 4.79 Å². The molecule has 1 atom stereocenters. The molecule has 0 fully saturated rings. The molecule has 2 aromatic heterocycles. The minimum absolute atomic E-state index is 0.0818. The highest BCUT2D eigenvalue weighted by Crippen LogP contribution is 2.18. The fourth-order valence-corrected chi connectivity index (χ4v) is 1.98. The number of carbonyl (C=O) groups excluding carboxylic acids is 1. The first-order chi connectivity index (χ1) is 9.40. The van der Waals surface area contributed by atoms with Gasteiger partial charge in [-0.15, -0.1) is 0 Å². The van der Waals surface area contributed by atoms with Crippen LogP contribution in [0, 0.1) is 5.92 Å². The van der Waals surface area contributed by atoms with Gasteiger partial charge in [0.25, 0.3) is 5.91 Å². The molecule has 0 bridgehead atoms. The largest absolute Gasteiger partial charge is 0.349 e. The van der Waals surface area contributed by atoms with Gasteiger partial charge in [0.1, 0.15) is 11.4 Å². The summed E-state index contributed by atoms with van der Waals surface area (Å²) in [6.45, 7) is 6.18. The van der Waals surface area contributed by atoms with Crippen LogP contribution in [0.15, 0.2) is 24.4 Å². The van der Waals surface area contributed by atoms with E-state index < -0.39 is 0 Å². The Morgan fingerprint density at radius 1 is 1.30 bits per heavy atom. The molecule has 2 rings (SSSR count). The Bertz CT molecular complexity index is 609. The quantitative estimate of drug-likeness (QED) is 0.929. The van der Waals surface area contributed by atoms with Gasteiger partial charge in [-0.3, -0.25) is 9.48 Å². The van der Waals surface area contributed by atoms with Crippen molar-refractivity contribution in [1.29, 1.82) is 0 Å². The van der Waals surface area contributed by atoms with Gasteiger partial charge >= 0.3 is 0 Å². The Kier molecular flexibility index (Phi) is 3.97. The lowest BCUT2D eigenvalue weighted by Gasteiger charge is -2.17. The van der Waals surface area contributed by atoms with E-state index in [1.807, 2.05) is 42.9 Å². The van der Waals surface area contributed by atoms with Gasteiger partial charge in [0, 0.05) is 26.3 Å². The minimum Gasteiger partial charge on any atom is -0.349 e. The first-order valence-corrected chi connectivity index (χ1v) is 6.86. The van der Waals surface area contributed by atoms with E-state index in [2.05, 4.69) is 24.3 Å². The third kappa shape index (κ3) is 2.76. The number of amides is 1. The van der Waals surface area contributed by atoms with Crippen molar-refractivity contribution in [1.82, 2.24) is 19.7 Å². The lowest BCUT2D eigenvalue weighted by molar-refractivity contribution is 0.0921. The van der Waals surface area contributed by atoms with E-state index in [1.54, 1.807) is 11.7 Å². The minimum atomic E-state index is -0.0818. The second-order valence-electron chi connectivity index (χ2n) is 5.55. The number of nitrogens with one attached hydrogen (secondary N) is 1. The van der Waals surface area contributed by atoms with Gasteiger partial charge in [-0.05, 0) is 31.0 Å². The smallest absolute Gasteiger partial charge is 0.269 e. The summed E-state index contributed by atoms with van der Waals surface area (Å²) in [6, 6.07) is 5.92. The molecular weight excluding hydrogens is 252 g/mol. The fourth-order valence-electron chi connectivity index (χ4n) is 1.98. The van der Waals surface area contributed by atoms with Crippen molar-refractivity contribution in [2.75, 3.05) is 0 Å². The van der Waals surface area contributed by atoms with Crippen LogP contribution in [0.2, 0.25) is 0 Å². The van der Waals surface area contributed by atoms with E-state index in [-0.39, 0.29) is 11.9 Å². The van der Waals surface area contributed by atoms with Crippen molar-refractivity contribution in [2.24, 2.45) is 20.0 Å². The number of rotatable bonds is 4. The van der Waals surface area contributed by atoms with Crippen LogP contribution in [0.4, 0.5) is 0 Å². The Hall–Kier alpha value is -2.04. The first kappa shape index (κ1) is 14.4. The van der Waals surface area contributed by atoms with Gasteiger partial charge < -0.3 is 9.88 Å². The van der Waals surface area contributed by atoms with Gasteiger partial charge in [-0.2, -0.15) is 5.10 Å². The van der Waals surface area contributed by atoms with Crippen LogP contribution in [-0.4, -0.2) is 26.3 Å². The maximum Gasteiger partial charge on any atom is 0.269 e. The highest BCUT2D eigenvalue weighted by molar-refractivity contribution is 5.93. The Morgan fingerprint density at radius 2 is 2.00 bits per heavy atom. The van der Waals surface area contributed by atoms with Gasteiger partial charge in [0.15, 0.2) is 0 Å². The topological polar surface area (TPSA) is 51.9 Å². The number of aromatic nitrogens is 3. The Morgan fingerprint density at radius 3 is 2.55 bits per heavy atom. The second-order valence-corrected chi connectivity index (χ2v) is 5.55. The number of nitrogens with zero attached hydrogens (tertiary/aromatic N) is 3. The summed E-state index contributed by atoms with van der Waals surface area (Å²) < 4.78 is 3.62. The van der Waals surface area contributed by atoms with Crippen LogP contribution in [-0.2, 0) is 14.1 Å². The zero-order chi connectivity index (χ0) is 14.9. The molecule has 0 aliphatic carbocycles. The first-order valence-electron chi connectivity index (χ1n) is 6.86. The SMILES string of the molecule is CC(C)C(C)NC(=O)c1cc(-c2cccn2C)nn1C. The standard InChI is InChI=1S/C15H22N4O/c1-10(2)11(3)16-15(20)14-9-12(17-19(14)5)13-7-6-8-18(13)4/h6-11H,1-5H3,(H,16,20). The van der Waals surface area contributed by atoms with Crippen molar-refractivity contribution in [3.8, 4) is 11.4 Å². The Labute approximate surface area is 119 Å². The molecule has 2 heterocycles. The Balaban J connectivity index is 2.24. The molecule has 0 aromatic carbocycles. The number of carbonyl (C=O) groups is 1. The highest BCUT2D eigenvalue weighted by Gasteiger charge is 2.18. The van der Waals surface area contributed by atoms with Crippen LogP contribution >= 0.6 is 0 Å². The molecule has 0 spiro atoms. The molecule has 108 valence electrons. The van der Waals surface area contributed by atoms with Gasteiger partial charge in [0.2, 0.25) is 0 Å². The fraction of sp³-hybridized carbons (Fsp3) is 0.467. The second kappa shape index (κ2) is 5.53. The van der Waals surface area contributed by atoms with E-state index in [1.165, 1.54) is 0 Å². The van der Waals surface area contributed by atoms with E-state index in [0.29, 0.717) is 11.6 Å². The molecule has 5 heteroatoms. The number of hydrogen-bond acceptors (Lipinski definition) is 2. The average molecular weight is 274 g/mol. The van der Waals surface area contributed by atoms with Crippen LogP contribution in [0.5, 0.6) is 0 Å². The summed E-state index contributed by atoms with van der Waals surface area (Å²) in [6.07, 6.45) is 1.96. The van der Waals surface area contributed by atoms with Gasteiger partial charge in [-0.25, -0.2) is 0 Å². The van der Waals surface area contributed by atoms with Gasteiger partial charge in [-0.1, -0.05) is 13.8 Å². The molecular formula is C15H22N4O. The van der Waals surface area contributed by atoms with E-state index in [4.69, 9.17) is 0 Å². The zero-order valence-corrected chi connectivity index (χ0v) is 12.7. The molecule has 0 saturated heterocycles. The van der Waals surface area contributed by atoms with E-state index in [9.17, 15) is 4.79 Å². The third-order valence-electron chi connectivity index (χ3n) is 3.68. The highest BCUT2D eigenvalue weighted by atomic mass is 16.2. The summed E-state index contributed by atoms with van der Waals surface area (Å²) in [5.74, 6) is 0.321. The maximum absolute atomic E-state index is 12.3. The monoisotopic (exact) mass is 274 g/mol. The van der Waals surface area contributed by atoms with Crippen LogP contribution < -0.4 is 5.32 Å². The number of hydrogen-bond donors (Lipinski definition) is 1. The molecule has 1 N–H and O–H groups in total. The molecule has 0 aliphatic rings. The zero-order valence-electron chi connectivity index (χ0n) is 12.7. The van der Waals surface area contributed by atoms with Crippen LogP contribution in [0.1, 0.15) is 31.3 Å². The molecule has 5 nitrogen and oxygen atoms in total. The van der Waals surface area contributed by atoms with Crippen LogP contribution in [0.25, 0.3) is 11.4 Å². The molecule has 0 aliphatic heterocycles. The van der Waals surface area contributed by atoms with E-state index in [0.717, 1.165) is 11.4 Å². The molecule has 0 saturated carbocycles. The predicted octanol–water partition coefficient (Wildman–Crippen LogP) is 2.20. The van der Waals surface area contributed by atoms with Crippen molar-refractivity contribution >= 4 is 5.91 Å². The molecule has 20 heavy (non-hydrogen) atoms.